The summed E-state index contributed by atoms with van der Waals surface area (Å²) in [7, 11) is 1.67. The lowest BCUT2D eigenvalue weighted by molar-refractivity contribution is -0.0500. The van der Waals surface area contributed by atoms with Gasteiger partial charge >= 0.3 is 15.6 Å². The average molecular weight is 988 g/mol. The van der Waals surface area contributed by atoms with Crippen LogP contribution in [0.2, 0.25) is 0 Å². The smallest absolute Gasteiger partial charge is 0.506 e. The number of hydrogen-bond acceptors (Lipinski definition) is 13. The summed E-state index contributed by atoms with van der Waals surface area (Å²) >= 11 is 0. The van der Waals surface area contributed by atoms with Crippen LogP contribution in [0, 0.1) is 34.3 Å². The summed E-state index contributed by atoms with van der Waals surface area (Å²) in [5.74, 6) is 0.420. The fourth-order valence-corrected chi connectivity index (χ4v) is 7.10. The van der Waals surface area contributed by atoms with E-state index in [-0.39, 0.29) is 5.75 Å². The van der Waals surface area contributed by atoms with Crippen molar-refractivity contribution in [2.24, 2.45) is 28.2 Å². The molecule has 0 aliphatic heterocycles. The summed E-state index contributed by atoms with van der Waals surface area (Å²) in [5, 5.41) is 26.0. The Kier molecular flexibility index (Phi) is 16.4. The highest BCUT2D eigenvalue weighted by atomic mass is 32.2. The van der Waals surface area contributed by atoms with Gasteiger partial charge in [0.15, 0.2) is 5.75 Å². The second-order valence-electron chi connectivity index (χ2n) is 15.6. The molecule has 0 spiro atoms. The Morgan fingerprint density at radius 1 is 0.563 bits per heavy atom. The van der Waals surface area contributed by atoms with Gasteiger partial charge in [0.1, 0.15) is 18.1 Å². The molecule has 18 nitrogen and oxygen atoms in total. The van der Waals surface area contributed by atoms with Gasteiger partial charge in [-0.2, -0.15) is 42.0 Å². The van der Waals surface area contributed by atoms with Crippen molar-refractivity contribution in [3.63, 3.8) is 0 Å². The zero-order valence-corrected chi connectivity index (χ0v) is 40.6. The lowest BCUT2D eigenvalue weighted by atomic mass is 10.2. The minimum atomic E-state index is -5.69. The Bertz CT molecular complexity index is 3330. The Morgan fingerprint density at radius 3 is 1.28 bits per heavy atom. The van der Waals surface area contributed by atoms with Crippen molar-refractivity contribution < 1.29 is 35.6 Å². The highest BCUT2D eigenvalue weighted by molar-refractivity contribution is 7.88. The lowest BCUT2D eigenvalue weighted by Gasteiger charge is -2.09. The maximum atomic E-state index is 12.2. The fourth-order valence-electron chi connectivity index (χ4n) is 6.66. The molecular weight excluding hydrogens is 940 g/mol. The van der Waals surface area contributed by atoms with Gasteiger partial charge in [0.2, 0.25) is 5.69 Å². The van der Waals surface area contributed by atoms with Gasteiger partial charge in [-0.3, -0.25) is 38.7 Å². The normalized spacial score (nSPS) is 11.0. The molecular formula is C49H48F3N13O5S. The van der Waals surface area contributed by atoms with Gasteiger partial charge in [0, 0.05) is 34.4 Å². The van der Waals surface area contributed by atoms with Crippen molar-refractivity contribution in [2.75, 3.05) is 0 Å². The Balaban J connectivity index is 0.000000157. The molecule has 71 heavy (non-hydrogen) atoms. The van der Waals surface area contributed by atoms with Crippen molar-refractivity contribution in [3.05, 3.63) is 168 Å². The van der Waals surface area contributed by atoms with E-state index in [9.17, 15) is 21.6 Å². The number of rotatable bonds is 9. The van der Waals surface area contributed by atoms with Crippen molar-refractivity contribution in [1.82, 2.24) is 59.1 Å². The molecule has 0 radical (unpaired) electrons. The third kappa shape index (κ3) is 13.9. The number of aromatic hydroxyl groups is 1. The largest absolute Gasteiger partial charge is 0.534 e. The molecule has 1 aromatic carbocycles. The van der Waals surface area contributed by atoms with Crippen LogP contribution in [0.25, 0.3) is 50.4 Å². The van der Waals surface area contributed by atoms with Gasteiger partial charge in [-0.1, -0.05) is 36.4 Å². The Labute approximate surface area is 407 Å². The molecule has 9 rings (SSSR count). The highest BCUT2D eigenvalue weighted by Gasteiger charge is 2.48. The molecule has 0 bridgehead atoms. The molecule has 0 saturated heterocycles. The van der Waals surface area contributed by atoms with E-state index in [1.165, 1.54) is 12.3 Å². The molecule has 0 aliphatic rings. The predicted molar refractivity (Wildman–Crippen MR) is 259 cm³/mol. The van der Waals surface area contributed by atoms with Crippen molar-refractivity contribution in [1.29, 1.82) is 0 Å². The maximum absolute atomic E-state index is 12.2. The topological polar surface area (TPSA) is 200 Å². The highest BCUT2D eigenvalue weighted by Crippen LogP contribution is 2.28. The number of pyridine rings is 4. The van der Waals surface area contributed by atoms with Crippen LogP contribution in [0.4, 0.5) is 18.9 Å². The van der Waals surface area contributed by atoms with Gasteiger partial charge in [-0.25, -0.2) is 4.85 Å². The van der Waals surface area contributed by atoms with E-state index in [1.807, 2.05) is 113 Å². The fraction of sp³-hybridized carbons (Fsp3) is 0.204. The molecule has 8 aromatic heterocycles. The van der Waals surface area contributed by atoms with Crippen LogP contribution in [-0.4, -0.2) is 78.1 Å². The molecule has 0 saturated carbocycles. The Hall–Kier alpha value is -8.71. The third-order valence-corrected chi connectivity index (χ3v) is 10.9. The molecule has 1 N–H and O–H groups in total. The summed E-state index contributed by atoms with van der Waals surface area (Å²) < 4.78 is 74.8. The number of nitrogens with zero attached hydrogens (tertiary/aromatic N) is 13. The molecule has 0 aliphatic carbocycles. The summed E-state index contributed by atoms with van der Waals surface area (Å²) in [6.07, 6.45) is 5.66. The van der Waals surface area contributed by atoms with E-state index in [0.29, 0.717) is 23.7 Å². The van der Waals surface area contributed by atoms with Crippen LogP contribution >= 0.6 is 0 Å². The van der Waals surface area contributed by atoms with Crippen molar-refractivity contribution in [3.8, 4) is 62.8 Å². The molecule has 22 heteroatoms. The van der Waals surface area contributed by atoms with Crippen LogP contribution in [-0.2, 0) is 44.9 Å². The number of benzene rings is 1. The average Bonchev–Trinajstić information content (AvgIpc) is 4.08. The summed E-state index contributed by atoms with van der Waals surface area (Å²) in [5.41, 5.74) is 6.38. The zero-order chi connectivity index (χ0) is 51.5. The molecule has 0 atom stereocenters. The van der Waals surface area contributed by atoms with Gasteiger partial charge < -0.3 is 14.0 Å². The first kappa shape index (κ1) is 51.7. The third-order valence-electron chi connectivity index (χ3n) is 9.89. The molecule has 8 heterocycles. The first-order valence-electron chi connectivity index (χ1n) is 21.3. The number of alkyl halides is 3. The molecule has 0 fully saturated rings. The van der Waals surface area contributed by atoms with Crippen LogP contribution in [0.1, 0.15) is 28.3 Å². The summed E-state index contributed by atoms with van der Waals surface area (Å²) in [4.78, 5) is 20.0. The summed E-state index contributed by atoms with van der Waals surface area (Å²) in [6, 6.07) is 31.1. The van der Waals surface area contributed by atoms with Crippen molar-refractivity contribution in [2.45, 2.75) is 39.8 Å². The minimum Gasteiger partial charge on any atom is -0.506 e. The summed E-state index contributed by atoms with van der Waals surface area (Å²) in [6.45, 7) is 15.0. The van der Waals surface area contributed by atoms with Gasteiger partial charge in [-0.15, -0.1) is 0 Å². The number of ether oxygens (including phenoxy) is 1. The van der Waals surface area contributed by atoms with Crippen LogP contribution in [0.5, 0.6) is 17.2 Å². The van der Waals surface area contributed by atoms with E-state index in [4.69, 9.17) is 16.4 Å². The van der Waals surface area contributed by atoms with Crippen LogP contribution in [0.3, 0.4) is 0 Å². The van der Waals surface area contributed by atoms with Crippen molar-refractivity contribution >= 4 is 15.8 Å². The number of halogens is 3. The van der Waals surface area contributed by atoms with Gasteiger partial charge in [0.05, 0.1) is 93.5 Å². The Morgan fingerprint density at radius 2 is 0.958 bits per heavy atom. The van der Waals surface area contributed by atoms with E-state index in [1.54, 1.807) is 64.7 Å². The number of aryl methyl sites for hydroxylation is 8. The van der Waals surface area contributed by atoms with E-state index < -0.39 is 21.4 Å². The molecule has 0 unspecified atom stereocenters. The molecule has 9 aromatic rings. The van der Waals surface area contributed by atoms with Crippen LogP contribution < -0.4 is 8.92 Å². The molecule has 366 valence electrons. The first-order valence-corrected chi connectivity index (χ1v) is 22.7. The van der Waals surface area contributed by atoms with E-state index in [0.717, 1.165) is 80.5 Å². The minimum absolute atomic E-state index is 0.174. The standard InChI is InChI=1S/C17H17N3O.C11H10F3N3O3S.C11H10N4.C10H11N3O/c1-13-10-17(20(2)19-13)16-9-8-15(11-18-16)21-12-14-6-4-3-5-7-14;1-7-5-10(17(2)16-7)9-4-3-8(6-15-9)20-21(18,19)11(12,13)14;1-8-6-11(15(3)14-8)10-5-4-9(12-2)7-13-10;1-7-5-10(13(2)12-7)9-4-3-8(14)6-11-9/h3-11H,12H2,1-2H3;3-6H,1-2H3;4-7H,1,3H3;3-6,14H,1-2H3. The quantitative estimate of drug-likeness (QED) is 0.0816. The second kappa shape index (κ2) is 22.6. The monoisotopic (exact) mass is 987 g/mol. The lowest BCUT2D eigenvalue weighted by Crippen LogP contribution is -2.28. The number of aromatic nitrogens is 12. The van der Waals surface area contributed by atoms with E-state index >= 15 is 0 Å². The van der Waals surface area contributed by atoms with Gasteiger partial charge in [0.25, 0.3) is 0 Å². The number of hydrogen-bond donors (Lipinski definition) is 1. The first-order chi connectivity index (χ1) is 33.7. The predicted octanol–water partition coefficient (Wildman–Crippen LogP) is 9.23. The SMILES string of the molecule is Cc1cc(-c2ccc(O)cn2)n(C)n1.Cc1cc(-c2ccc(OCc3ccccc3)cn2)n(C)n1.Cc1cc(-c2ccc(OS(=O)(=O)C(F)(F)F)cn2)n(C)n1.[C-]#[N+]c1ccc(-c2cc(C)nn2C)nc1. The van der Waals surface area contributed by atoms with E-state index in [2.05, 4.69) is 49.4 Å². The van der Waals surface area contributed by atoms with Crippen LogP contribution in [0.15, 0.2) is 128 Å². The zero-order valence-electron chi connectivity index (χ0n) is 39.8. The van der Waals surface area contributed by atoms with Gasteiger partial charge in [-0.05, 0) is 100.0 Å². The molecule has 0 amide bonds. The second-order valence-corrected chi connectivity index (χ2v) is 17.1. The maximum Gasteiger partial charge on any atom is 0.534 e.